The van der Waals surface area contributed by atoms with Gasteiger partial charge in [-0.2, -0.15) is 5.10 Å². The molecule has 0 unspecified atom stereocenters. The maximum absolute atomic E-state index is 13.4. The molecule has 106 valence electrons. The number of halogens is 3. The lowest BCUT2D eigenvalue weighted by atomic mass is 10.1. The minimum atomic E-state index is -0.743. The van der Waals surface area contributed by atoms with Crippen LogP contribution in [-0.4, -0.2) is 21.9 Å². The summed E-state index contributed by atoms with van der Waals surface area (Å²) < 4.78 is 13.7. The van der Waals surface area contributed by atoms with Crippen LogP contribution in [-0.2, 0) is 11.3 Å². The average molecular weight is 371 g/mol. The summed E-state index contributed by atoms with van der Waals surface area (Å²) in [5, 5.41) is 7.75. The summed E-state index contributed by atoms with van der Waals surface area (Å²) in [4.78, 5) is 25.2. The molecule has 0 saturated heterocycles. The Balaban J connectivity index is 2.03. The molecule has 1 aromatic heterocycles. The van der Waals surface area contributed by atoms with Crippen molar-refractivity contribution in [2.45, 2.75) is 6.54 Å². The fraction of sp³-hybridized carbons (Fsp3) is 0.0769. The lowest BCUT2D eigenvalue weighted by molar-refractivity contribution is -0.114. The predicted molar refractivity (Wildman–Crippen MR) is 76.7 cm³/mol. The summed E-state index contributed by atoms with van der Waals surface area (Å²) in [6, 6.07) is 5.38. The zero-order valence-corrected chi connectivity index (χ0v) is 12.7. The third-order valence-corrected chi connectivity index (χ3v) is 3.80. The number of amides is 1. The van der Waals surface area contributed by atoms with E-state index in [4.69, 9.17) is 11.6 Å². The van der Waals surface area contributed by atoms with Crippen molar-refractivity contribution in [2.24, 2.45) is 0 Å². The minimum absolute atomic E-state index is 0.0359. The maximum Gasteiger partial charge on any atom is 0.299 e. The number of aromatic nitrogens is 2. The van der Waals surface area contributed by atoms with Crippen LogP contribution in [0.4, 0.5) is 10.1 Å². The van der Waals surface area contributed by atoms with Crippen LogP contribution in [0, 0.1) is 5.82 Å². The van der Waals surface area contributed by atoms with Crippen molar-refractivity contribution in [1.82, 2.24) is 10.2 Å². The van der Waals surface area contributed by atoms with E-state index in [0.717, 1.165) is 6.07 Å². The van der Waals surface area contributed by atoms with Gasteiger partial charge < -0.3 is 0 Å². The first kappa shape index (κ1) is 14.1. The van der Waals surface area contributed by atoms with Crippen LogP contribution in [0.5, 0.6) is 0 Å². The van der Waals surface area contributed by atoms with Crippen LogP contribution in [0.3, 0.4) is 0 Å². The van der Waals surface area contributed by atoms with Gasteiger partial charge >= 0.3 is 0 Å². The molecule has 1 amide bonds. The predicted octanol–water partition coefficient (Wildman–Crippen LogP) is 2.76. The fourth-order valence-electron chi connectivity index (χ4n) is 2.09. The number of hydrogen-bond donors (Lipinski definition) is 0. The van der Waals surface area contributed by atoms with E-state index in [9.17, 15) is 14.0 Å². The molecule has 0 N–H and O–H groups in total. The molecule has 8 heteroatoms. The minimum Gasteiger partial charge on any atom is -0.298 e. The van der Waals surface area contributed by atoms with Crippen molar-refractivity contribution in [1.29, 1.82) is 0 Å². The highest BCUT2D eigenvalue weighted by Gasteiger charge is 2.38. The van der Waals surface area contributed by atoms with Gasteiger partial charge in [0, 0.05) is 4.47 Å². The van der Waals surface area contributed by atoms with Crippen molar-refractivity contribution in [2.75, 3.05) is 4.90 Å². The van der Waals surface area contributed by atoms with Gasteiger partial charge in [0.15, 0.2) is 5.15 Å². The second kappa shape index (κ2) is 5.16. The van der Waals surface area contributed by atoms with Gasteiger partial charge in [0.1, 0.15) is 5.82 Å². The summed E-state index contributed by atoms with van der Waals surface area (Å²) in [6.45, 7) is 0.0476. The van der Waals surface area contributed by atoms with Crippen molar-refractivity contribution in [3.63, 3.8) is 0 Å². The van der Waals surface area contributed by atoms with Crippen LogP contribution in [0.1, 0.15) is 16.1 Å². The Morgan fingerprint density at radius 2 is 2.00 bits per heavy atom. The molecular weight excluding hydrogens is 365 g/mol. The molecule has 1 aliphatic rings. The van der Waals surface area contributed by atoms with E-state index in [1.54, 1.807) is 6.07 Å². The molecule has 21 heavy (non-hydrogen) atoms. The maximum atomic E-state index is 13.4. The van der Waals surface area contributed by atoms with Gasteiger partial charge in [0.25, 0.3) is 11.7 Å². The van der Waals surface area contributed by atoms with Gasteiger partial charge in [0.2, 0.25) is 0 Å². The lowest BCUT2D eigenvalue weighted by Gasteiger charge is -2.17. The molecule has 1 aliphatic heterocycles. The van der Waals surface area contributed by atoms with E-state index in [2.05, 4.69) is 26.1 Å². The molecule has 0 radical (unpaired) electrons. The number of hydrogen-bond acceptors (Lipinski definition) is 4. The molecule has 0 aliphatic carbocycles. The topological polar surface area (TPSA) is 63.2 Å². The van der Waals surface area contributed by atoms with Crippen molar-refractivity contribution in [3.05, 3.63) is 51.0 Å². The highest BCUT2D eigenvalue weighted by molar-refractivity contribution is 9.10. The Morgan fingerprint density at radius 3 is 2.67 bits per heavy atom. The standard InChI is InChI=1S/C13H6BrClFN3O2/c14-9-4-6(16)3-8-11(9)19(13(21)12(8)20)5-7-1-2-10(15)18-17-7/h1-4H,5H2. The summed E-state index contributed by atoms with van der Waals surface area (Å²) in [5.41, 5.74) is 0.835. The second-order valence-corrected chi connectivity index (χ2v) is 5.59. The first-order valence-electron chi connectivity index (χ1n) is 5.80. The van der Waals surface area contributed by atoms with Crippen LogP contribution in [0.25, 0.3) is 0 Å². The number of anilines is 1. The average Bonchev–Trinajstić information content (AvgIpc) is 2.67. The Labute approximate surface area is 131 Å². The number of rotatable bonds is 2. The molecule has 5 nitrogen and oxygen atoms in total. The van der Waals surface area contributed by atoms with Crippen molar-refractivity contribution < 1.29 is 14.0 Å². The first-order valence-corrected chi connectivity index (χ1v) is 6.98. The molecule has 0 spiro atoms. The molecule has 0 bridgehead atoms. The fourth-order valence-corrected chi connectivity index (χ4v) is 2.84. The van der Waals surface area contributed by atoms with Gasteiger partial charge in [0.05, 0.1) is 23.5 Å². The molecule has 0 saturated carbocycles. The highest BCUT2D eigenvalue weighted by Crippen LogP contribution is 2.37. The highest BCUT2D eigenvalue weighted by atomic mass is 79.9. The number of Topliss-reactive ketones (excluding diaryl/α,β-unsaturated/α-hetero) is 1. The largest absolute Gasteiger partial charge is 0.299 e. The SMILES string of the molecule is O=C1C(=O)N(Cc2ccc(Cl)nn2)c2c(Br)cc(F)cc21. The quantitative estimate of drug-likeness (QED) is 0.763. The number of ketones is 1. The van der Waals surface area contributed by atoms with E-state index in [0.29, 0.717) is 15.9 Å². The van der Waals surface area contributed by atoms with E-state index < -0.39 is 17.5 Å². The van der Waals surface area contributed by atoms with Crippen LogP contribution in [0.15, 0.2) is 28.7 Å². The normalized spacial score (nSPS) is 13.8. The third kappa shape index (κ3) is 2.43. The Morgan fingerprint density at radius 1 is 1.24 bits per heavy atom. The van der Waals surface area contributed by atoms with Crippen LogP contribution in [0.2, 0.25) is 5.15 Å². The Hall–Kier alpha value is -1.86. The van der Waals surface area contributed by atoms with Gasteiger partial charge in [-0.25, -0.2) is 4.39 Å². The molecule has 0 fully saturated rings. The summed E-state index contributed by atoms with van der Waals surface area (Å²) >= 11 is 8.82. The van der Waals surface area contributed by atoms with E-state index in [1.807, 2.05) is 0 Å². The molecule has 1 aromatic carbocycles. The summed E-state index contributed by atoms with van der Waals surface area (Å²) in [6.07, 6.45) is 0. The number of nitrogens with zero attached hydrogens (tertiary/aromatic N) is 3. The van der Waals surface area contributed by atoms with Gasteiger partial charge in [-0.1, -0.05) is 11.6 Å². The van der Waals surface area contributed by atoms with Crippen molar-refractivity contribution in [3.8, 4) is 0 Å². The third-order valence-electron chi connectivity index (χ3n) is 2.99. The molecular formula is C13H6BrClFN3O2. The molecule has 3 rings (SSSR count). The van der Waals surface area contributed by atoms with Gasteiger partial charge in [-0.15, -0.1) is 5.10 Å². The number of carbonyl (C=O) groups excluding carboxylic acids is 2. The molecule has 0 atom stereocenters. The molecule has 2 heterocycles. The monoisotopic (exact) mass is 369 g/mol. The van der Waals surface area contributed by atoms with E-state index in [-0.39, 0.29) is 17.3 Å². The van der Waals surface area contributed by atoms with Crippen LogP contribution >= 0.6 is 27.5 Å². The Bertz CT molecular complexity index is 767. The van der Waals surface area contributed by atoms with E-state index >= 15 is 0 Å². The van der Waals surface area contributed by atoms with Crippen LogP contribution < -0.4 is 4.90 Å². The smallest absolute Gasteiger partial charge is 0.298 e. The zero-order chi connectivity index (χ0) is 15.1. The second-order valence-electron chi connectivity index (χ2n) is 4.35. The lowest BCUT2D eigenvalue weighted by Crippen LogP contribution is -2.29. The summed E-state index contributed by atoms with van der Waals surface area (Å²) in [5.74, 6) is -2.06. The van der Waals surface area contributed by atoms with Crippen molar-refractivity contribution >= 4 is 44.9 Å². The van der Waals surface area contributed by atoms with E-state index in [1.165, 1.54) is 17.0 Å². The number of benzene rings is 1. The van der Waals surface area contributed by atoms with Gasteiger partial charge in [-0.05, 0) is 40.2 Å². The number of fused-ring (bicyclic) bond motifs is 1. The Kier molecular flexibility index (Phi) is 3.46. The first-order chi connectivity index (χ1) is 9.97. The van der Waals surface area contributed by atoms with Gasteiger partial charge in [-0.3, -0.25) is 14.5 Å². The molecule has 2 aromatic rings. The number of carbonyl (C=O) groups is 2. The summed E-state index contributed by atoms with van der Waals surface area (Å²) in [7, 11) is 0. The zero-order valence-electron chi connectivity index (χ0n) is 10.3.